The van der Waals surface area contributed by atoms with Gasteiger partial charge in [-0.15, -0.1) is 0 Å². The third-order valence-corrected chi connectivity index (χ3v) is 3.18. The number of aromatic amines is 1. The highest BCUT2D eigenvalue weighted by atomic mass is 16.6. The number of aliphatic hydroxyl groups excluding tert-OH is 2. The van der Waals surface area contributed by atoms with Gasteiger partial charge in [0.1, 0.15) is 6.23 Å². The normalized spacial score (nSPS) is 29.1. The van der Waals surface area contributed by atoms with Crippen molar-refractivity contribution in [2.45, 2.75) is 31.4 Å². The summed E-state index contributed by atoms with van der Waals surface area (Å²) in [5.41, 5.74) is 5.69. The van der Waals surface area contributed by atoms with Gasteiger partial charge in [-0.2, -0.15) is 0 Å². The molecule has 10 nitrogen and oxygen atoms in total. The number of hydrogen-bond acceptors (Lipinski definition) is 6. The zero-order valence-electron chi connectivity index (χ0n) is 10.6. The van der Waals surface area contributed by atoms with E-state index in [1.165, 1.54) is 13.1 Å². The van der Waals surface area contributed by atoms with Crippen molar-refractivity contribution in [2.24, 2.45) is 5.11 Å². The largest absolute Gasteiger partial charge is 0.393 e. The van der Waals surface area contributed by atoms with E-state index in [0.717, 1.165) is 4.57 Å². The molecule has 1 fully saturated rings. The number of azide groups is 1. The molecule has 1 saturated heterocycles. The predicted molar refractivity (Wildman–Crippen MR) is 65.8 cm³/mol. The van der Waals surface area contributed by atoms with Crippen LogP contribution < -0.4 is 11.2 Å². The third kappa shape index (κ3) is 2.21. The number of ether oxygens (including phenoxy) is 1. The van der Waals surface area contributed by atoms with Crippen molar-refractivity contribution in [3.63, 3.8) is 0 Å². The van der Waals surface area contributed by atoms with E-state index < -0.39 is 35.9 Å². The van der Waals surface area contributed by atoms with Gasteiger partial charge >= 0.3 is 5.69 Å². The first-order chi connectivity index (χ1) is 9.43. The molecule has 0 amide bonds. The van der Waals surface area contributed by atoms with Crippen LogP contribution in [-0.4, -0.2) is 38.2 Å². The topological polar surface area (TPSA) is 153 Å². The fourth-order valence-corrected chi connectivity index (χ4v) is 2.05. The summed E-state index contributed by atoms with van der Waals surface area (Å²) < 4.78 is 6.41. The molecule has 20 heavy (non-hydrogen) atoms. The second-order valence-corrected chi connectivity index (χ2v) is 4.50. The first-order valence-electron chi connectivity index (χ1n) is 5.78. The second-order valence-electron chi connectivity index (χ2n) is 4.50. The number of rotatable bonds is 3. The van der Waals surface area contributed by atoms with E-state index in [1.54, 1.807) is 0 Å². The average molecular weight is 283 g/mol. The van der Waals surface area contributed by atoms with E-state index in [0.29, 0.717) is 0 Å². The first-order valence-corrected chi connectivity index (χ1v) is 5.78. The quantitative estimate of drug-likeness (QED) is 0.373. The van der Waals surface area contributed by atoms with E-state index in [-0.39, 0.29) is 12.0 Å². The molecule has 1 aromatic rings. The molecule has 1 aliphatic heterocycles. The van der Waals surface area contributed by atoms with Crippen LogP contribution in [0.3, 0.4) is 0 Å². The number of aliphatic hydroxyl groups is 2. The van der Waals surface area contributed by atoms with Crippen LogP contribution in [-0.2, 0) is 4.74 Å². The molecular weight excluding hydrogens is 270 g/mol. The van der Waals surface area contributed by atoms with E-state index in [9.17, 15) is 19.8 Å². The van der Waals surface area contributed by atoms with Crippen LogP contribution in [0.15, 0.2) is 20.9 Å². The molecule has 0 saturated carbocycles. The van der Waals surface area contributed by atoms with E-state index in [1.807, 2.05) is 0 Å². The van der Waals surface area contributed by atoms with Crippen molar-refractivity contribution in [3.05, 3.63) is 43.0 Å². The Morgan fingerprint density at radius 3 is 3.00 bits per heavy atom. The van der Waals surface area contributed by atoms with Crippen LogP contribution in [0.25, 0.3) is 10.4 Å². The highest BCUT2D eigenvalue weighted by molar-refractivity contribution is 5.03. The smallest absolute Gasteiger partial charge is 0.330 e. The molecule has 1 aromatic heterocycles. The monoisotopic (exact) mass is 283 g/mol. The molecule has 10 heteroatoms. The van der Waals surface area contributed by atoms with E-state index >= 15 is 0 Å². The van der Waals surface area contributed by atoms with Crippen molar-refractivity contribution in [1.29, 1.82) is 0 Å². The van der Waals surface area contributed by atoms with E-state index in [2.05, 4.69) is 15.0 Å². The Labute approximate surface area is 111 Å². The van der Waals surface area contributed by atoms with Gasteiger partial charge in [0, 0.05) is 23.1 Å². The number of nitrogens with zero attached hydrogens (tertiary/aromatic N) is 4. The molecule has 0 bridgehead atoms. The highest BCUT2D eigenvalue weighted by Gasteiger charge is 2.48. The Morgan fingerprint density at radius 2 is 2.40 bits per heavy atom. The number of H-pyrrole nitrogens is 1. The minimum Gasteiger partial charge on any atom is -0.393 e. The lowest BCUT2D eigenvalue weighted by molar-refractivity contribution is -0.124. The van der Waals surface area contributed by atoms with Gasteiger partial charge < -0.3 is 14.9 Å². The second kappa shape index (κ2) is 5.10. The SMILES string of the molecule is Cc1cn([C@H]2C[C@H](O)[C@@](CO)(N=[N+]=[N-])O2)c(=O)[nH]c1=O. The minimum absolute atomic E-state index is 0.0645. The Morgan fingerprint density at radius 1 is 1.70 bits per heavy atom. The fraction of sp³-hybridized carbons (Fsp3) is 0.600. The summed E-state index contributed by atoms with van der Waals surface area (Å²) in [5, 5.41) is 22.4. The molecule has 0 radical (unpaired) electrons. The summed E-state index contributed by atoms with van der Waals surface area (Å²) in [5.74, 6) is 0. The van der Waals surface area contributed by atoms with Gasteiger partial charge in [-0.1, -0.05) is 5.11 Å². The zero-order chi connectivity index (χ0) is 14.9. The average Bonchev–Trinajstić information content (AvgIpc) is 2.72. The van der Waals surface area contributed by atoms with Crippen molar-refractivity contribution in [2.75, 3.05) is 6.61 Å². The summed E-state index contributed by atoms with van der Waals surface area (Å²) in [6, 6.07) is 0. The molecule has 2 heterocycles. The predicted octanol–water partition coefficient (Wildman–Crippen LogP) is -0.876. The number of aryl methyl sites for hydroxylation is 1. The fourth-order valence-electron chi connectivity index (χ4n) is 2.05. The Balaban J connectivity index is 2.43. The van der Waals surface area contributed by atoms with Crippen molar-refractivity contribution >= 4 is 0 Å². The Bertz CT molecular complexity index is 675. The number of hydrogen-bond donors (Lipinski definition) is 3. The molecule has 0 unspecified atom stereocenters. The van der Waals surface area contributed by atoms with Crippen LogP contribution in [0.4, 0.5) is 0 Å². The summed E-state index contributed by atoms with van der Waals surface area (Å²) in [6.07, 6.45) is -1.01. The summed E-state index contributed by atoms with van der Waals surface area (Å²) in [6.45, 7) is 0.776. The molecule has 3 atom stereocenters. The Kier molecular flexibility index (Phi) is 3.64. The van der Waals surface area contributed by atoms with Gasteiger partial charge in [0.25, 0.3) is 5.56 Å². The molecule has 0 aromatic carbocycles. The molecule has 0 aliphatic carbocycles. The molecule has 108 valence electrons. The molecule has 2 rings (SSSR count). The van der Waals surface area contributed by atoms with Gasteiger partial charge in [0.05, 0.1) is 12.7 Å². The Hall–Kier alpha value is -2.13. The summed E-state index contributed by atoms with van der Waals surface area (Å²) >= 11 is 0. The third-order valence-electron chi connectivity index (χ3n) is 3.18. The lowest BCUT2D eigenvalue weighted by atomic mass is 10.1. The molecule has 3 N–H and O–H groups in total. The van der Waals surface area contributed by atoms with Gasteiger partial charge in [0.2, 0.25) is 0 Å². The number of aromatic nitrogens is 2. The van der Waals surface area contributed by atoms with Gasteiger partial charge in [-0.05, 0) is 12.5 Å². The van der Waals surface area contributed by atoms with Gasteiger partial charge in [0.15, 0.2) is 5.72 Å². The maximum atomic E-state index is 11.7. The lowest BCUT2D eigenvalue weighted by Gasteiger charge is -2.24. The van der Waals surface area contributed by atoms with Crippen LogP contribution in [0.5, 0.6) is 0 Å². The minimum atomic E-state index is -1.83. The maximum Gasteiger partial charge on any atom is 0.330 e. The summed E-state index contributed by atoms with van der Waals surface area (Å²) in [7, 11) is 0. The molecule has 0 spiro atoms. The van der Waals surface area contributed by atoms with Crippen molar-refractivity contribution in [3.8, 4) is 0 Å². The van der Waals surface area contributed by atoms with Crippen LogP contribution in [0.1, 0.15) is 18.2 Å². The van der Waals surface area contributed by atoms with Crippen LogP contribution >= 0.6 is 0 Å². The van der Waals surface area contributed by atoms with Crippen LogP contribution in [0.2, 0.25) is 0 Å². The molecule has 1 aliphatic rings. The maximum absolute atomic E-state index is 11.7. The standard InChI is InChI=1S/C10H13N5O5/c1-5-3-15(9(19)12-8(5)18)7-2-6(17)10(4-16,20-7)13-14-11/h3,6-7,16-17H,2,4H2,1H3,(H,12,18,19)/t6-,7+,10-/m0/s1. The van der Waals surface area contributed by atoms with Gasteiger partial charge in [-0.25, -0.2) is 4.79 Å². The lowest BCUT2D eigenvalue weighted by Crippen LogP contribution is -2.41. The van der Waals surface area contributed by atoms with Crippen molar-refractivity contribution in [1.82, 2.24) is 9.55 Å². The summed E-state index contributed by atoms with van der Waals surface area (Å²) in [4.78, 5) is 27.6. The number of nitrogens with one attached hydrogen (secondary N) is 1. The molecular formula is C10H13N5O5. The highest BCUT2D eigenvalue weighted by Crippen LogP contribution is 2.37. The van der Waals surface area contributed by atoms with Crippen LogP contribution in [0, 0.1) is 6.92 Å². The van der Waals surface area contributed by atoms with Gasteiger partial charge in [-0.3, -0.25) is 14.3 Å². The van der Waals surface area contributed by atoms with Crippen molar-refractivity contribution < 1.29 is 14.9 Å². The zero-order valence-corrected chi connectivity index (χ0v) is 10.6. The van der Waals surface area contributed by atoms with E-state index in [4.69, 9.17) is 10.3 Å². The first kappa shape index (κ1) is 14.3.